The Hall–Kier alpha value is -2.18. The number of amides is 1. The molecule has 1 amide bonds. The lowest BCUT2D eigenvalue weighted by molar-refractivity contribution is -0.121. The zero-order valence-corrected chi connectivity index (χ0v) is 9.00. The molecule has 0 aliphatic carbocycles. The maximum atomic E-state index is 13.4. The van der Waals surface area contributed by atoms with Crippen molar-refractivity contribution in [3.63, 3.8) is 0 Å². The van der Waals surface area contributed by atoms with Crippen LogP contribution in [0, 0.1) is 11.6 Å². The van der Waals surface area contributed by atoms with Gasteiger partial charge in [0.05, 0.1) is 5.52 Å². The summed E-state index contributed by atoms with van der Waals surface area (Å²) < 4.78 is 27.7. The van der Waals surface area contributed by atoms with Crippen LogP contribution < -0.4 is 11.1 Å². The molecule has 0 bridgehead atoms. The number of carbonyl (C=O) groups excluding carboxylic acids is 1. The molecule has 3 N–H and O–H groups in total. The van der Waals surface area contributed by atoms with Gasteiger partial charge < -0.3 is 15.6 Å². The standard InChI is InChI=1S/C10H10F2N4O/c1-14-8(17)4-16-7-3-5(11)2-6(12)9(7)15-10(16)13/h2-3H,4H2,1H3,(H2,13,15)(H,14,17). The van der Waals surface area contributed by atoms with E-state index in [4.69, 9.17) is 5.73 Å². The maximum Gasteiger partial charge on any atom is 0.239 e. The Morgan fingerprint density at radius 1 is 1.53 bits per heavy atom. The van der Waals surface area contributed by atoms with Crippen molar-refractivity contribution in [2.75, 3.05) is 12.8 Å². The van der Waals surface area contributed by atoms with Crippen LogP contribution in [0.15, 0.2) is 12.1 Å². The summed E-state index contributed by atoms with van der Waals surface area (Å²) in [5, 5.41) is 2.39. The largest absolute Gasteiger partial charge is 0.369 e. The van der Waals surface area contributed by atoms with Gasteiger partial charge in [-0.3, -0.25) is 4.79 Å². The summed E-state index contributed by atoms with van der Waals surface area (Å²) in [5.74, 6) is -1.91. The van der Waals surface area contributed by atoms with Gasteiger partial charge in [-0.2, -0.15) is 0 Å². The van der Waals surface area contributed by atoms with Crippen molar-refractivity contribution in [3.8, 4) is 0 Å². The minimum absolute atomic E-state index is 0.0342. The highest BCUT2D eigenvalue weighted by atomic mass is 19.1. The molecule has 0 unspecified atom stereocenters. The van der Waals surface area contributed by atoms with E-state index in [0.29, 0.717) is 0 Å². The van der Waals surface area contributed by atoms with Crippen molar-refractivity contribution in [1.29, 1.82) is 0 Å². The first-order chi connectivity index (χ1) is 8.02. The van der Waals surface area contributed by atoms with E-state index < -0.39 is 11.6 Å². The zero-order valence-electron chi connectivity index (χ0n) is 9.00. The summed E-state index contributed by atoms with van der Waals surface area (Å²) in [5.41, 5.74) is 5.67. The highest BCUT2D eigenvalue weighted by Crippen LogP contribution is 2.21. The molecule has 0 spiro atoms. The first-order valence-corrected chi connectivity index (χ1v) is 4.84. The molecule has 0 atom stereocenters. The number of hydrogen-bond acceptors (Lipinski definition) is 3. The number of nitrogens with one attached hydrogen (secondary N) is 1. The quantitative estimate of drug-likeness (QED) is 0.809. The van der Waals surface area contributed by atoms with Crippen LogP contribution in [0.1, 0.15) is 0 Å². The number of nitrogens with two attached hydrogens (primary N) is 1. The van der Waals surface area contributed by atoms with Crippen molar-refractivity contribution in [3.05, 3.63) is 23.8 Å². The highest BCUT2D eigenvalue weighted by molar-refractivity contribution is 5.83. The highest BCUT2D eigenvalue weighted by Gasteiger charge is 2.15. The number of nitrogens with zero attached hydrogens (tertiary/aromatic N) is 2. The Balaban J connectivity index is 2.62. The fraction of sp³-hybridized carbons (Fsp3) is 0.200. The monoisotopic (exact) mass is 240 g/mol. The maximum absolute atomic E-state index is 13.4. The third kappa shape index (κ3) is 1.91. The predicted octanol–water partition coefficient (Wildman–Crippen LogP) is 0.643. The second-order valence-electron chi connectivity index (χ2n) is 3.48. The summed E-state index contributed by atoms with van der Waals surface area (Å²) in [6.45, 7) is -0.137. The summed E-state index contributed by atoms with van der Waals surface area (Å²) >= 11 is 0. The smallest absolute Gasteiger partial charge is 0.239 e. The van der Waals surface area contributed by atoms with Crippen LogP contribution in [-0.2, 0) is 11.3 Å². The van der Waals surface area contributed by atoms with Crippen molar-refractivity contribution < 1.29 is 13.6 Å². The van der Waals surface area contributed by atoms with E-state index in [2.05, 4.69) is 10.3 Å². The number of imidazole rings is 1. The van der Waals surface area contributed by atoms with E-state index in [9.17, 15) is 13.6 Å². The van der Waals surface area contributed by atoms with E-state index in [1.165, 1.54) is 11.6 Å². The second kappa shape index (κ2) is 4.00. The number of hydrogen-bond donors (Lipinski definition) is 2. The minimum atomic E-state index is -0.803. The van der Waals surface area contributed by atoms with E-state index >= 15 is 0 Å². The molecular formula is C10H10F2N4O. The molecule has 0 saturated heterocycles. The van der Waals surface area contributed by atoms with Crippen molar-refractivity contribution >= 4 is 22.9 Å². The van der Waals surface area contributed by atoms with E-state index in [0.717, 1.165) is 12.1 Å². The number of anilines is 1. The van der Waals surface area contributed by atoms with Crippen molar-refractivity contribution in [2.24, 2.45) is 0 Å². The average molecular weight is 240 g/mol. The number of rotatable bonds is 2. The first kappa shape index (κ1) is 11.3. The summed E-state index contributed by atoms with van der Waals surface area (Å²) in [6.07, 6.45) is 0. The van der Waals surface area contributed by atoms with Crippen LogP contribution in [0.4, 0.5) is 14.7 Å². The third-order valence-corrected chi connectivity index (χ3v) is 2.38. The molecule has 2 rings (SSSR count). The lowest BCUT2D eigenvalue weighted by Crippen LogP contribution is -2.24. The number of fused-ring (bicyclic) bond motifs is 1. The second-order valence-corrected chi connectivity index (χ2v) is 3.48. The molecule has 90 valence electrons. The summed E-state index contributed by atoms with van der Waals surface area (Å²) in [4.78, 5) is 15.0. The van der Waals surface area contributed by atoms with Gasteiger partial charge in [0.2, 0.25) is 11.9 Å². The van der Waals surface area contributed by atoms with Crippen molar-refractivity contribution in [1.82, 2.24) is 14.9 Å². The Kier molecular flexibility index (Phi) is 2.66. The van der Waals surface area contributed by atoms with Gasteiger partial charge >= 0.3 is 0 Å². The SMILES string of the molecule is CNC(=O)Cn1c(N)nc2c(F)cc(F)cc21. The lowest BCUT2D eigenvalue weighted by Gasteiger charge is -2.04. The van der Waals surface area contributed by atoms with Crippen LogP contribution in [0.25, 0.3) is 11.0 Å². The molecule has 0 saturated carbocycles. The van der Waals surface area contributed by atoms with Gasteiger partial charge in [-0.1, -0.05) is 0 Å². The normalized spacial score (nSPS) is 10.8. The minimum Gasteiger partial charge on any atom is -0.369 e. The number of nitrogen functional groups attached to an aromatic ring is 1. The number of likely N-dealkylation sites (N-methyl/N-ethyl adjacent to an activating group) is 1. The molecular weight excluding hydrogens is 230 g/mol. The molecule has 0 radical (unpaired) electrons. The average Bonchev–Trinajstić information content (AvgIpc) is 2.57. The van der Waals surface area contributed by atoms with E-state index in [1.54, 1.807) is 0 Å². The van der Waals surface area contributed by atoms with Crippen LogP contribution in [0.2, 0.25) is 0 Å². The zero-order chi connectivity index (χ0) is 12.6. The molecule has 1 aromatic carbocycles. The number of aromatic nitrogens is 2. The van der Waals surface area contributed by atoms with Gasteiger partial charge in [0.15, 0.2) is 5.82 Å². The number of carbonyl (C=O) groups is 1. The number of halogens is 2. The first-order valence-electron chi connectivity index (χ1n) is 4.84. The molecule has 0 aliphatic rings. The predicted molar refractivity (Wildman–Crippen MR) is 58.1 cm³/mol. The number of benzene rings is 1. The van der Waals surface area contributed by atoms with Crippen LogP contribution >= 0.6 is 0 Å². The molecule has 1 aromatic heterocycles. The van der Waals surface area contributed by atoms with Gasteiger partial charge in [0.1, 0.15) is 17.9 Å². The molecule has 1 heterocycles. The Labute approximate surface area is 95.2 Å². The van der Waals surface area contributed by atoms with Crippen LogP contribution in [0.3, 0.4) is 0 Å². The molecule has 7 heteroatoms. The van der Waals surface area contributed by atoms with E-state index in [-0.39, 0.29) is 29.4 Å². The summed E-state index contributed by atoms with van der Waals surface area (Å²) in [7, 11) is 1.46. The Morgan fingerprint density at radius 2 is 2.24 bits per heavy atom. The molecule has 0 fully saturated rings. The molecule has 5 nitrogen and oxygen atoms in total. The van der Waals surface area contributed by atoms with Gasteiger partial charge in [0.25, 0.3) is 0 Å². The lowest BCUT2D eigenvalue weighted by atomic mass is 10.3. The molecule has 2 aromatic rings. The third-order valence-electron chi connectivity index (χ3n) is 2.38. The van der Waals surface area contributed by atoms with Gasteiger partial charge in [-0.05, 0) is 0 Å². The van der Waals surface area contributed by atoms with Crippen LogP contribution in [-0.4, -0.2) is 22.5 Å². The molecule has 17 heavy (non-hydrogen) atoms. The topological polar surface area (TPSA) is 72.9 Å². The van der Waals surface area contributed by atoms with Gasteiger partial charge in [0, 0.05) is 19.2 Å². The van der Waals surface area contributed by atoms with Gasteiger partial charge in [-0.25, -0.2) is 13.8 Å². The Bertz CT molecular complexity index is 593. The summed E-state index contributed by atoms with van der Waals surface area (Å²) in [6, 6.07) is 1.81. The Morgan fingerprint density at radius 3 is 2.88 bits per heavy atom. The van der Waals surface area contributed by atoms with Gasteiger partial charge in [-0.15, -0.1) is 0 Å². The van der Waals surface area contributed by atoms with Crippen LogP contribution in [0.5, 0.6) is 0 Å². The molecule has 0 aliphatic heterocycles. The van der Waals surface area contributed by atoms with E-state index in [1.807, 2.05) is 0 Å². The van der Waals surface area contributed by atoms with Crippen molar-refractivity contribution in [2.45, 2.75) is 6.54 Å². The fourth-order valence-corrected chi connectivity index (χ4v) is 1.56. The fourth-order valence-electron chi connectivity index (χ4n) is 1.56.